The summed E-state index contributed by atoms with van der Waals surface area (Å²) in [5.74, 6) is 0.853. The van der Waals surface area contributed by atoms with Crippen LogP contribution < -0.4 is 10.1 Å². The van der Waals surface area contributed by atoms with E-state index in [4.69, 9.17) is 4.74 Å². The number of halogens is 1. The first-order valence-electron chi connectivity index (χ1n) is 11.0. The zero-order valence-corrected chi connectivity index (χ0v) is 19.3. The second kappa shape index (κ2) is 10.1. The molecular formula is C22H28FN5O4S. The molecule has 0 spiro atoms. The lowest BCUT2D eigenvalue weighted by molar-refractivity contribution is -0.121. The van der Waals surface area contributed by atoms with Crippen LogP contribution in [0.5, 0.6) is 11.6 Å². The van der Waals surface area contributed by atoms with Gasteiger partial charge in [-0.15, -0.1) is 0 Å². The van der Waals surface area contributed by atoms with E-state index in [0.717, 1.165) is 25.9 Å². The number of carbonyl (C=O) groups is 1. The predicted molar refractivity (Wildman–Crippen MR) is 121 cm³/mol. The third kappa shape index (κ3) is 6.24. The second-order valence-electron chi connectivity index (χ2n) is 8.44. The second-order valence-corrected chi connectivity index (χ2v) is 10.7. The molecule has 0 radical (unpaired) electrons. The Bertz CT molecular complexity index is 1050. The Morgan fingerprint density at radius 3 is 2.55 bits per heavy atom. The number of carbonyl (C=O) groups excluding carboxylic acids is 1. The molecule has 2 saturated heterocycles. The van der Waals surface area contributed by atoms with Crippen molar-refractivity contribution in [1.82, 2.24) is 19.8 Å². The summed E-state index contributed by atoms with van der Waals surface area (Å²) in [5, 5.41) is 2.79. The highest BCUT2D eigenvalue weighted by atomic mass is 32.2. The number of hydrogen-bond acceptors (Lipinski definition) is 8. The van der Waals surface area contributed by atoms with Crippen molar-refractivity contribution in [2.45, 2.75) is 31.8 Å². The predicted octanol–water partition coefficient (Wildman–Crippen LogP) is 1.93. The summed E-state index contributed by atoms with van der Waals surface area (Å²) in [6, 6.07) is 5.45. The fraction of sp³-hybridized carbons (Fsp3) is 0.500. The smallest absolute Gasteiger partial charge is 0.242 e. The Hall–Kier alpha value is -2.63. The standard InChI is InChI=1S/C22H28FN5O4S/c1-16(28-8-2-3-18(15-28)27-9-11-33(30,31)12-10-27)22(29)26-20-13-25-21(14-24-20)32-19-6-4-17(23)5-7-19/h4-7,13-14,16,18H,2-3,8-12,15H2,1H3,(H,24,26,29). The van der Waals surface area contributed by atoms with Crippen LogP contribution in [0.1, 0.15) is 19.8 Å². The summed E-state index contributed by atoms with van der Waals surface area (Å²) in [6.07, 6.45) is 4.77. The molecule has 2 aromatic rings. The minimum absolute atomic E-state index is 0.182. The summed E-state index contributed by atoms with van der Waals surface area (Å²) in [7, 11) is -2.91. The molecule has 2 fully saturated rings. The number of piperidine rings is 1. The van der Waals surface area contributed by atoms with Gasteiger partial charge in [-0.25, -0.2) is 22.8 Å². The molecule has 0 aliphatic carbocycles. The average Bonchev–Trinajstić information content (AvgIpc) is 2.81. The number of ether oxygens (including phenoxy) is 1. The molecule has 3 heterocycles. The Morgan fingerprint density at radius 1 is 1.15 bits per heavy atom. The minimum Gasteiger partial charge on any atom is -0.438 e. The zero-order chi connectivity index (χ0) is 23.4. The largest absolute Gasteiger partial charge is 0.438 e. The number of aromatic nitrogens is 2. The number of amides is 1. The maximum absolute atomic E-state index is 13.0. The molecule has 1 aromatic carbocycles. The van der Waals surface area contributed by atoms with E-state index in [1.807, 2.05) is 6.92 Å². The first kappa shape index (κ1) is 23.5. The summed E-state index contributed by atoms with van der Waals surface area (Å²) >= 11 is 0. The summed E-state index contributed by atoms with van der Waals surface area (Å²) in [5.41, 5.74) is 0. The van der Waals surface area contributed by atoms with Crippen molar-refractivity contribution in [2.24, 2.45) is 0 Å². The van der Waals surface area contributed by atoms with Crippen LogP contribution in [0.2, 0.25) is 0 Å². The van der Waals surface area contributed by atoms with Crippen molar-refractivity contribution in [3.05, 3.63) is 42.5 Å². The molecule has 2 unspecified atom stereocenters. The van der Waals surface area contributed by atoms with Gasteiger partial charge in [0.1, 0.15) is 11.6 Å². The first-order valence-corrected chi connectivity index (χ1v) is 12.9. The third-order valence-corrected chi connectivity index (χ3v) is 7.78. The van der Waals surface area contributed by atoms with E-state index >= 15 is 0 Å². The number of nitrogens with zero attached hydrogens (tertiary/aromatic N) is 4. The molecule has 2 aliphatic rings. The molecular weight excluding hydrogens is 449 g/mol. The van der Waals surface area contributed by atoms with Gasteiger partial charge in [-0.05, 0) is 50.6 Å². The number of likely N-dealkylation sites (tertiary alicyclic amines) is 1. The topological polar surface area (TPSA) is 105 Å². The lowest BCUT2D eigenvalue weighted by Crippen LogP contribution is -2.55. The van der Waals surface area contributed by atoms with Gasteiger partial charge in [-0.3, -0.25) is 14.6 Å². The van der Waals surface area contributed by atoms with Crippen LogP contribution in [0, 0.1) is 5.82 Å². The number of sulfone groups is 1. The van der Waals surface area contributed by atoms with Crippen molar-refractivity contribution in [1.29, 1.82) is 0 Å². The van der Waals surface area contributed by atoms with Crippen LogP contribution in [0.3, 0.4) is 0 Å². The number of benzene rings is 1. The maximum atomic E-state index is 13.0. The molecule has 0 bridgehead atoms. The van der Waals surface area contributed by atoms with Gasteiger partial charge in [-0.2, -0.15) is 0 Å². The number of anilines is 1. The number of rotatable bonds is 6. The number of hydrogen-bond donors (Lipinski definition) is 1. The molecule has 11 heteroatoms. The molecule has 33 heavy (non-hydrogen) atoms. The highest BCUT2D eigenvalue weighted by Crippen LogP contribution is 2.22. The molecule has 2 atom stereocenters. The van der Waals surface area contributed by atoms with Crippen LogP contribution in [0.4, 0.5) is 10.2 Å². The van der Waals surface area contributed by atoms with Gasteiger partial charge >= 0.3 is 0 Å². The Kier molecular flexibility index (Phi) is 7.20. The van der Waals surface area contributed by atoms with Crippen LogP contribution >= 0.6 is 0 Å². The summed E-state index contributed by atoms with van der Waals surface area (Å²) in [6.45, 7) is 4.52. The van der Waals surface area contributed by atoms with Crippen molar-refractivity contribution in [3.8, 4) is 11.6 Å². The van der Waals surface area contributed by atoms with Gasteiger partial charge < -0.3 is 10.1 Å². The van der Waals surface area contributed by atoms with Crippen molar-refractivity contribution in [3.63, 3.8) is 0 Å². The molecule has 1 N–H and O–H groups in total. The lowest BCUT2D eigenvalue weighted by atomic mass is 10.0. The zero-order valence-electron chi connectivity index (χ0n) is 18.5. The van der Waals surface area contributed by atoms with E-state index in [0.29, 0.717) is 24.7 Å². The highest BCUT2D eigenvalue weighted by Gasteiger charge is 2.33. The molecule has 4 rings (SSSR count). The van der Waals surface area contributed by atoms with E-state index in [1.54, 1.807) is 0 Å². The average molecular weight is 478 g/mol. The molecule has 0 saturated carbocycles. The summed E-state index contributed by atoms with van der Waals surface area (Å²) in [4.78, 5) is 25.5. The highest BCUT2D eigenvalue weighted by molar-refractivity contribution is 7.91. The van der Waals surface area contributed by atoms with Gasteiger partial charge in [0.25, 0.3) is 0 Å². The quantitative estimate of drug-likeness (QED) is 0.673. The van der Waals surface area contributed by atoms with Crippen LogP contribution in [-0.2, 0) is 14.6 Å². The van der Waals surface area contributed by atoms with E-state index < -0.39 is 9.84 Å². The van der Waals surface area contributed by atoms with Gasteiger partial charge in [0.15, 0.2) is 15.7 Å². The van der Waals surface area contributed by atoms with Gasteiger partial charge in [-0.1, -0.05) is 0 Å². The van der Waals surface area contributed by atoms with E-state index in [-0.39, 0.29) is 41.2 Å². The number of nitrogens with one attached hydrogen (secondary N) is 1. The molecule has 178 valence electrons. The SMILES string of the molecule is CC(C(=O)Nc1cnc(Oc2ccc(F)cc2)cn1)N1CCCC(N2CCS(=O)(=O)CC2)C1. The normalized spacial score (nSPS) is 22.4. The van der Waals surface area contributed by atoms with E-state index in [2.05, 4.69) is 25.1 Å². The molecule has 9 nitrogen and oxygen atoms in total. The fourth-order valence-electron chi connectivity index (χ4n) is 4.18. The van der Waals surface area contributed by atoms with Crippen LogP contribution in [0.25, 0.3) is 0 Å². The van der Waals surface area contributed by atoms with Gasteiger partial charge in [0.05, 0.1) is 29.9 Å². The van der Waals surface area contributed by atoms with Gasteiger partial charge in [0, 0.05) is 25.7 Å². The van der Waals surface area contributed by atoms with Crippen LogP contribution in [0.15, 0.2) is 36.7 Å². The monoisotopic (exact) mass is 477 g/mol. The van der Waals surface area contributed by atoms with Gasteiger partial charge in [0.2, 0.25) is 11.8 Å². The molecule has 2 aliphatic heterocycles. The van der Waals surface area contributed by atoms with E-state index in [9.17, 15) is 17.6 Å². The Morgan fingerprint density at radius 2 is 1.88 bits per heavy atom. The first-order chi connectivity index (χ1) is 15.8. The lowest BCUT2D eigenvalue weighted by Gasteiger charge is -2.42. The fourth-order valence-corrected chi connectivity index (χ4v) is 5.41. The maximum Gasteiger partial charge on any atom is 0.242 e. The van der Waals surface area contributed by atoms with E-state index in [1.165, 1.54) is 36.7 Å². The van der Waals surface area contributed by atoms with Crippen molar-refractivity contribution in [2.75, 3.05) is 43.0 Å². The summed E-state index contributed by atoms with van der Waals surface area (Å²) < 4.78 is 41.9. The molecule has 1 amide bonds. The Labute approximate surface area is 192 Å². The third-order valence-electron chi connectivity index (χ3n) is 6.17. The molecule has 1 aromatic heterocycles. The van der Waals surface area contributed by atoms with Crippen molar-refractivity contribution < 1.29 is 22.3 Å². The minimum atomic E-state index is -2.91. The van der Waals surface area contributed by atoms with Crippen molar-refractivity contribution >= 4 is 21.6 Å². The van der Waals surface area contributed by atoms with Crippen LogP contribution in [-0.4, -0.2) is 83.9 Å². The Balaban J connectivity index is 1.30.